The predicted molar refractivity (Wildman–Crippen MR) is 180 cm³/mol. The monoisotopic (exact) mass is 562 g/mol. The highest BCUT2D eigenvalue weighted by Crippen LogP contribution is 2.16. The number of hydrogen-bond donors (Lipinski definition) is 1. The maximum absolute atomic E-state index is 5.71. The molecule has 39 heavy (non-hydrogen) atoms. The average molecular weight is 562 g/mol. The molecule has 0 spiro atoms. The lowest BCUT2D eigenvalue weighted by atomic mass is 10.0. The van der Waals surface area contributed by atoms with E-state index in [1.807, 2.05) is 0 Å². The normalized spacial score (nSPS) is 21.2. The van der Waals surface area contributed by atoms with Gasteiger partial charge in [0, 0.05) is 43.8 Å². The lowest BCUT2D eigenvalue weighted by molar-refractivity contribution is -0.0232. The van der Waals surface area contributed by atoms with E-state index in [4.69, 9.17) is 4.74 Å². The summed E-state index contributed by atoms with van der Waals surface area (Å²) in [6.45, 7) is 24.1. The first-order valence-corrected chi connectivity index (χ1v) is 14.7. The molecule has 1 N–H and O–H groups in total. The van der Waals surface area contributed by atoms with Gasteiger partial charge in [0.25, 0.3) is 0 Å². The van der Waals surface area contributed by atoms with Crippen LogP contribution in [0.2, 0.25) is 0 Å². The van der Waals surface area contributed by atoms with Crippen molar-refractivity contribution in [1.82, 2.24) is 24.9 Å². The predicted octanol–water partition coefficient (Wildman–Crippen LogP) is 6.94. The molecule has 3 saturated heterocycles. The molecule has 1 atom stereocenters. The van der Waals surface area contributed by atoms with Gasteiger partial charge in [-0.1, -0.05) is 50.5 Å². The van der Waals surface area contributed by atoms with Crippen molar-refractivity contribution in [1.29, 1.82) is 0 Å². The van der Waals surface area contributed by atoms with Crippen LogP contribution in [-0.2, 0) is 4.74 Å². The topological polar surface area (TPSA) is 34.2 Å². The zero-order valence-electron chi connectivity index (χ0n) is 25.4. The lowest BCUT2D eigenvalue weighted by Gasteiger charge is -2.37. The Kier molecular flexibility index (Phi) is 29.9. The van der Waals surface area contributed by atoms with Crippen molar-refractivity contribution in [3.05, 3.63) is 0 Å². The molecule has 0 aromatic carbocycles. The van der Waals surface area contributed by atoms with Crippen LogP contribution in [0.15, 0.2) is 0 Å². The smallest absolute Gasteiger partial charge is 0.0603 e. The van der Waals surface area contributed by atoms with Crippen molar-refractivity contribution >= 4 is 0 Å². The summed E-state index contributed by atoms with van der Waals surface area (Å²) >= 11 is 0. The highest BCUT2D eigenvalue weighted by Gasteiger charge is 2.23. The summed E-state index contributed by atoms with van der Waals surface area (Å²) < 4.78 is 5.71. The summed E-state index contributed by atoms with van der Waals surface area (Å²) in [6, 6.07) is 2.95. The second-order valence-corrected chi connectivity index (χ2v) is 12.0. The Morgan fingerprint density at radius 1 is 0.769 bits per heavy atom. The molecule has 0 aromatic heterocycles. The fraction of sp³-hybridized carbons (Fsp3) is 1.00. The second-order valence-electron chi connectivity index (χ2n) is 12.0. The number of likely N-dealkylation sites (N-methyl/N-ethyl adjacent to an activating group) is 1. The summed E-state index contributed by atoms with van der Waals surface area (Å²) in [4.78, 5) is 9.87. The van der Waals surface area contributed by atoms with E-state index in [1.54, 1.807) is 0 Å². The first-order valence-electron chi connectivity index (χ1n) is 14.7. The van der Waals surface area contributed by atoms with Crippen molar-refractivity contribution in [3.63, 3.8) is 0 Å². The molecule has 6 heteroatoms. The van der Waals surface area contributed by atoms with E-state index in [2.05, 4.69) is 94.5 Å². The van der Waals surface area contributed by atoms with E-state index in [0.717, 1.165) is 12.1 Å². The first-order chi connectivity index (χ1) is 16.5. The molecule has 0 amide bonds. The Balaban J connectivity index is -0.000000224. The van der Waals surface area contributed by atoms with Gasteiger partial charge in [-0.25, -0.2) is 0 Å². The van der Waals surface area contributed by atoms with E-state index in [-0.39, 0.29) is 29.7 Å². The van der Waals surface area contributed by atoms with Gasteiger partial charge in [0.15, 0.2) is 0 Å². The van der Waals surface area contributed by atoms with Crippen LogP contribution in [0, 0.1) is 0 Å². The number of ether oxygens (including phenoxy) is 1. The molecule has 0 aromatic rings. The average Bonchev–Trinajstić information content (AvgIpc) is 3.27. The molecule has 6 nitrogen and oxygen atoms in total. The number of likely N-dealkylation sites (tertiary alicyclic amines) is 3. The van der Waals surface area contributed by atoms with Gasteiger partial charge in [0.2, 0.25) is 0 Å². The molecular weight excluding hydrogens is 482 g/mol. The van der Waals surface area contributed by atoms with E-state index in [0.29, 0.717) is 24.3 Å². The van der Waals surface area contributed by atoms with Crippen molar-refractivity contribution < 1.29 is 4.74 Å². The van der Waals surface area contributed by atoms with Crippen molar-refractivity contribution in [3.8, 4) is 0 Å². The van der Waals surface area contributed by atoms with Crippen LogP contribution in [0.3, 0.4) is 0 Å². The maximum atomic E-state index is 5.71. The molecule has 1 unspecified atom stereocenters. The number of hydrogen-bond acceptors (Lipinski definition) is 6. The summed E-state index contributed by atoms with van der Waals surface area (Å²) in [5.41, 5.74) is 0. The largest absolute Gasteiger partial charge is 0.375 e. The molecule has 0 saturated carbocycles. The van der Waals surface area contributed by atoms with Crippen LogP contribution < -0.4 is 5.32 Å². The van der Waals surface area contributed by atoms with Gasteiger partial charge in [-0.15, -0.1) is 0 Å². The van der Waals surface area contributed by atoms with E-state index in [1.165, 1.54) is 84.3 Å². The molecule has 0 radical (unpaired) electrons. The Bertz CT molecular complexity index is 500. The van der Waals surface area contributed by atoms with Crippen LogP contribution in [0.25, 0.3) is 0 Å². The van der Waals surface area contributed by atoms with E-state index < -0.39 is 0 Å². The number of piperidine rings is 2. The third-order valence-corrected chi connectivity index (χ3v) is 7.88. The van der Waals surface area contributed by atoms with E-state index in [9.17, 15) is 0 Å². The third kappa shape index (κ3) is 20.3. The van der Waals surface area contributed by atoms with Gasteiger partial charge in [-0.3, -0.25) is 4.90 Å². The number of rotatable bonds is 8. The van der Waals surface area contributed by atoms with Crippen LogP contribution >= 0.6 is 0 Å². The molecule has 3 aliphatic heterocycles. The molecule has 3 heterocycles. The standard InChI is InChI=1S/2C10H22N2.C9H19NO.4CH4/c1-9(2)12(4)10-5-7-11(3)8-6-10;1-4-12-7-5-6-10(12)8-11-9(2)3;1-8(2)11-9-4-6-10(3)7-5-9;;;;/h9-10H,5-8H2,1-4H3;9-11H,4-8H2,1-3H3;8-9H,4-7H2,1-3H3;4*1H4. The van der Waals surface area contributed by atoms with Crippen molar-refractivity contribution in [2.24, 2.45) is 0 Å². The van der Waals surface area contributed by atoms with Gasteiger partial charge in [0.05, 0.1) is 12.2 Å². The molecule has 0 aliphatic carbocycles. The van der Waals surface area contributed by atoms with Gasteiger partial charge >= 0.3 is 0 Å². The van der Waals surface area contributed by atoms with E-state index >= 15 is 0 Å². The summed E-state index contributed by atoms with van der Waals surface area (Å²) in [5.74, 6) is 0. The second kappa shape index (κ2) is 25.5. The van der Waals surface area contributed by atoms with Crippen LogP contribution in [0.4, 0.5) is 0 Å². The first kappa shape index (κ1) is 45.7. The summed E-state index contributed by atoms with van der Waals surface area (Å²) in [7, 11) is 6.64. The quantitative estimate of drug-likeness (QED) is 0.346. The van der Waals surface area contributed by atoms with Crippen LogP contribution in [0.1, 0.15) is 117 Å². The Morgan fingerprint density at radius 3 is 1.67 bits per heavy atom. The lowest BCUT2D eigenvalue weighted by Crippen LogP contribution is -2.44. The Labute approximate surface area is 249 Å². The SMILES string of the molecule is C.C.C.C.CC(C)N(C)C1CCN(C)CC1.CC(C)OC1CCN(C)CC1.CCN1CCCC1CNC(C)C. The minimum Gasteiger partial charge on any atom is -0.375 e. The fourth-order valence-corrected chi connectivity index (χ4v) is 5.24. The molecular formula is C33H79N5O. The molecule has 3 aliphatic rings. The Hall–Kier alpha value is -0.240. The van der Waals surface area contributed by atoms with Crippen LogP contribution in [-0.4, -0.2) is 123 Å². The Morgan fingerprint density at radius 2 is 1.26 bits per heavy atom. The highest BCUT2D eigenvalue weighted by molar-refractivity contribution is 4.80. The fourth-order valence-electron chi connectivity index (χ4n) is 5.24. The van der Waals surface area contributed by atoms with Gasteiger partial charge in [0.1, 0.15) is 0 Å². The number of nitrogens with one attached hydrogen (secondary N) is 1. The summed E-state index contributed by atoms with van der Waals surface area (Å²) in [5, 5.41) is 3.51. The number of nitrogens with zero attached hydrogens (tertiary/aromatic N) is 4. The maximum Gasteiger partial charge on any atom is 0.0603 e. The van der Waals surface area contributed by atoms with Crippen molar-refractivity contribution in [2.45, 2.75) is 153 Å². The van der Waals surface area contributed by atoms with Crippen LogP contribution in [0.5, 0.6) is 0 Å². The molecule has 3 rings (SSSR count). The minimum absolute atomic E-state index is 0. The van der Waals surface area contributed by atoms with Gasteiger partial charge < -0.3 is 24.8 Å². The highest BCUT2D eigenvalue weighted by atomic mass is 16.5. The van der Waals surface area contributed by atoms with Crippen molar-refractivity contribution in [2.75, 3.05) is 67.0 Å². The zero-order chi connectivity index (χ0) is 26.4. The summed E-state index contributed by atoms with van der Waals surface area (Å²) in [6.07, 6.45) is 8.76. The molecule has 3 fully saturated rings. The molecule has 0 bridgehead atoms. The minimum atomic E-state index is 0. The van der Waals surface area contributed by atoms with Gasteiger partial charge in [-0.05, 0) is 114 Å². The van der Waals surface area contributed by atoms with Gasteiger partial charge in [-0.2, -0.15) is 0 Å². The zero-order valence-corrected chi connectivity index (χ0v) is 25.4. The molecule has 242 valence electrons. The third-order valence-electron chi connectivity index (χ3n) is 7.88.